The fraction of sp³-hybridized carbons (Fsp3) is 0.250. The number of nitrogens with one attached hydrogen (secondary N) is 1. The zero-order valence-electron chi connectivity index (χ0n) is 9.92. The SMILES string of the molecule is CNCCC=Cc1cc([N+](=O)[O-])cc(C=O)c1O. The number of non-ortho nitro benzene ring substituents is 1. The maximum absolute atomic E-state index is 10.7. The van der Waals surface area contributed by atoms with Crippen LogP contribution in [-0.2, 0) is 0 Å². The Bertz CT molecular complexity index is 483. The molecule has 0 aliphatic rings. The molecule has 6 heteroatoms. The van der Waals surface area contributed by atoms with Gasteiger partial charge in [0.25, 0.3) is 5.69 Å². The molecule has 2 N–H and O–H groups in total. The van der Waals surface area contributed by atoms with Crippen molar-refractivity contribution in [2.45, 2.75) is 6.42 Å². The molecular weight excluding hydrogens is 236 g/mol. The highest BCUT2D eigenvalue weighted by Gasteiger charge is 2.14. The molecule has 0 radical (unpaired) electrons. The van der Waals surface area contributed by atoms with E-state index in [0.717, 1.165) is 19.0 Å². The van der Waals surface area contributed by atoms with Crippen LogP contribution >= 0.6 is 0 Å². The Hall–Kier alpha value is -2.21. The zero-order chi connectivity index (χ0) is 13.5. The molecule has 0 fully saturated rings. The van der Waals surface area contributed by atoms with Gasteiger partial charge in [0, 0.05) is 17.7 Å². The molecule has 0 saturated heterocycles. The van der Waals surface area contributed by atoms with Crippen molar-refractivity contribution in [1.82, 2.24) is 5.32 Å². The van der Waals surface area contributed by atoms with Gasteiger partial charge in [-0.2, -0.15) is 0 Å². The maximum atomic E-state index is 10.7. The number of rotatable bonds is 6. The van der Waals surface area contributed by atoms with Crippen LogP contribution in [0.3, 0.4) is 0 Å². The van der Waals surface area contributed by atoms with E-state index >= 15 is 0 Å². The lowest BCUT2D eigenvalue weighted by molar-refractivity contribution is -0.384. The van der Waals surface area contributed by atoms with Gasteiger partial charge in [-0.1, -0.05) is 12.2 Å². The normalized spacial score (nSPS) is 10.7. The van der Waals surface area contributed by atoms with Gasteiger partial charge in [-0.3, -0.25) is 14.9 Å². The number of nitro groups is 1. The molecule has 1 aromatic carbocycles. The second-order valence-corrected chi connectivity index (χ2v) is 3.64. The molecule has 96 valence electrons. The fourth-order valence-electron chi connectivity index (χ4n) is 1.42. The number of aldehydes is 1. The highest BCUT2D eigenvalue weighted by molar-refractivity contribution is 5.83. The topological polar surface area (TPSA) is 92.5 Å². The predicted octanol–water partition coefficient (Wildman–Crippen LogP) is 1.74. The first kappa shape index (κ1) is 13.9. The molecule has 0 aliphatic carbocycles. The molecule has 0 spiro atoms. The fourth-order valence-corrected chi connectivity index (χ4v) is 1.42. The van der Waals surface area contributed by atoms with Gasteiger partial charge in [0.15, 0.2) is 6.29 Å². The Labute approximate surface area is 104 Å². The van der Waals surface area contributed by atoms with Crippen molar-refractivity contribution in [3.63, 3.8) is 0 Å². The molecule has 18 heavy (non-hydrogen) atoms. The van der Waals surface area contributed by atoms with Crippen LogP contribution in [0.4, 0.5) is 5.69 Å². The first-order valence-corrected chi connectivity index (χ1v) is 5.38. The van der Waals surface area contributed by atoms with Crippen LogP contribution in [0.2, 0.25) is 0 Å². The van der Waals surface area contributed by atoms with Crippen LogP contribution in [0.25, 0.3) is 6.08 Å². The second-order valence-electron chi connectivity index (χ2n) is 3.64. The van der Waals surface area contributed by atoms with Crippen molar-refractivity contribution >= 4 is 18.0 Å². The number of benzene rings is 1. The Balaban J connectivity index is 3.09. The van der Waals surface area contributed by atoms with Gasteiger partial charge in [-0.25, -0.2) is 0 Å². The van der Waals surface area contributed by atoms with Gasteiger partial charge in [0.05, 0.1) is 10.5 Å². The summed E-state index contributed by atoms with van der Waals surface area (Å²) < 4.78 is 0. The molecule has 1 rings (SSSR count). The molecule has 0 atom stereocenters. The molecular formula is C12H14N2O4. The largest absolute Gasteiger partial charge is 0.507 e. The number of carbonyl (C=O) groups is 1. The van der Waals surface area contributed by atoms with E-state index in [-0.39, 0.29) is 22.6 Å². The summed E-state index contributed by atoms with van der Waals surface area (Å²) in [6.45, 7) is 0.757. The molecule has 0 bridgehead atoms. The quantitative estimate of drug-likeness (QED) is 0.347. The highest BCUT2D eigenvalue weighted by Crippen LogP contribution is 2.28. The van der Waals surface area contributed by atoms with Gasteiger partial charge < -0.3 is 10.4 Å². The Morgan fingerprint density at radius 3 is 2.67 bits per heavy atom. The number of phenols is 1. The summed E-state index contributed by atoms with van der Waals surface area (Å²) in [6.07, 6.45) is 4.44. The summed E-state index contributed by atoms with van der Waals surface area (Å²) in [5.74, 6) is -0.240. The first-order valence-electron chi connectivity index (χ1n) is 5.38. The maximum Gasteiger partial charge on any atom is 0.271 e. The van der Waals surface area contributed by atoms with E-state index in [9.17, 15) is 20.0 Å². The zero-order valence-corrected chi connectivity index (χ0v) is 9.92. The standard InChI is InChI=1S/C12H14N2O4/c1-13-5-3-2-4-9-6-11(14(17)18)7-10(8-15)12(9)16/h2,4,6-8,13,16H,3,5H2,1H3. The summed E-state index contributed by atoms with van der Waals surface area (Å²) in [5.41, 5.74) is -0.0389. The molecule has 0 heterocycles. The minimum absolute atomic E-state index is 0.0857. The van der Waals surface area contributed by atoms with Crippen LogP contribution in [0.5, 0.6) is 5.75 Å². The van der Waals surface area contributed by atoms with Crippen molar-refractivity contribution in [3.05, 3.63) is 39.4 Å². The van der Waals surface area contributed by atoms with Crippen molar-refractivity contribution < 1.29 is 14.8 Å². The Morgan fingerprint density at radius 2 is 2.11 bits per heavy atom. The minimum atomic E-state index is -0.600. The number of aromatic hydroxyl groups is 1. The van der Waals surface area contributed by atoms with Crippen molar-refractivity contribution in [2.75, 3.05) is 13.6 Å². The third kappa shape index (κ3) is 3.39. The monoisotopic (exact) mass is 250 g/mol. The van der Waals surface area contributed by atoms with Crippen LogP contribution in [0.15, 0.2) is 18.2 Å². The Kier molecular flexibility index (Phi) is 5.01. The number of carbonyl (C=O) groups excluding carboxylic acids is 1. The van der Waals surface area contributed by atoms with Gasteiger partial charge >= 0.3 is 0 Å². The third-order valence-corrected chi connectivity index (χ3v) is 2.35. The second kappa shape index (κ2) is 6.51. The van der Waals surface area contributed by atoms with Crippen LogP contribution in [0, 0.1) is 10.1 Å². The first-order chi connectivity index (χ1) is 8.60. The van der Waals surface area contributed by atoms with Gasteiger partial charge in [0.2, 0.25) is 0 Å². The van der Waals surface area contributed by atoms with E-state index < -0.39 is 4.92 Å². The highest BCUT2D eigenvalue weighted by atomic mass is 16.6. The van der Waals surface area contributed by atoms with E-state index in [0.29, 0.717) is 6.29 Å². The van der Waals surface area contributed by atoms with Gasteiger partial charge in [-0.05, 0) is 20.0 Å². The average molecular weight is 250 g/mol. The van der Waals surface area contributed by atoms with Crippen molar-refractivity contribution in [1.29, 1.82) is 0 Å². The minimum Gasteiger partial charge on any atom is -0.507 e. The van der Waals surface area contributed by atoms with Gasteiger partial charge in [-0.15, -0.1) is 0 Å². The summed E-state index contributed by atoms with van der Waals surface area (Å²) in [5, 5.41) is 23.4. The predicted molar refractivity (Wildman–Crippen MR) is 67.7 cm³/mol. The van der Waals surface area contributed by atoms with E-state index in [1.807, 2.05) is 7.05 Å². The molecule has 0 unspecified atom stereocenters. The number of hydrogen-bond donors (Lipinski definition) is 2. The molecule has 0 aromatic heterocycles. The van der Waals surface area contributed by atoms with Crippen molar-refractivity contribution in [3.8, 4) is 5.75 Å². The lowest BCUT2D eigenvalue weighted by Crippen LogP contribution is -2.05. The Morgan fingerprint density at radius 1 is 1.44 bits per heavy atom. The number of nitrogens with zero attached hydrogens (tertiary/aromatic N) is 1. The summed E-state index contributed by atoms with van der Waals surface area (Å²) >= 11 is 0. The van der Waals surface area contributed by atoms with E-state index in [1.54, 1.807) is 12.2 Å². The van der Waals surface area contributed by atoms with Crippen LogP contribution in [0.1, 0.15) is 22.3 Å². The van der Waals surface area contributed by atoms with Crippen molar-refractivity contribution in [2.24, 2.45) is 0 Å². The molecule has 0 saturated carbocycles. The number of nitro benzene ring substituents is 1. The average Bonchev–Trinajstić information content (AvgIpc) is 2.36. The van der Waals surface area contributed by atoms with E-state index in [4.69, 9.17) is 0 Å². The summed E-state index contributed by atoms with van der Waals surface area (Å²) in [4.78, 5) is 20.8. The van der Waals surface area contributed by atoms with E-state index in [2.05, 4.69) is 5.32 Å². The molecule has 0 amide bonds. The smallest absolute Gasteiger partial charge is 0.271 e. The molecule has 6 nitrogen and oxygen atoms in total. The number of hydrogen-bond acceptors (Lipinski definition) is 5. The summed E-state index contributed by atoms with van der Waals surface area (Å²) in [6, 6.07) is 2.28. The van der Waals surface area contributed by atoms with Crippen LogP contribution < -0.4 is 5.32 Å². The third-order valence-electron chi connectivity index (χ3n) is 2.35. The lowest BCUT2D eigenvalue weighted by atomic mass is 10.1. The lowest BCUT2D eigenvalue weighted by Gasteiger charge is -2.02. The van der Waals surface area contributed by atoms with E-state index in [1.165, 1.54) is 6.07 Å². The summed E-state index contributed by atoms with van der Waals surface area (Å²) in [7, 11) is 1.81. The molecule has 1 aromatic rings. The van der Waals surface area contributed by atoms with Crippen LogP contribution in [-0.4, -0.2) is 29.9 Å². The van der Waals surface area contributed by atoms with Gasteiger partial charge in [0.1, 0.15) is 5.75 Å². The number of phenolic OH excluding ortho intramolecular Hbond substituents is 1. The molecule has 0 aliphatic heterocycles.